The van der Waals surface area contributed by atoms with Crippen molar-refractivity contribution in [2.45, 2.75) is 45.6 Å². The second-order valence-corrected chi connectivity index (χ2v) is 6.61. The molecule has 0 aliphatic carbocycles. The van der Waals surface area contributed by atoms with Crippen molar-refractivity contribution < 1.29 is 45.3 Å². The Kier molecular flexibility index (Phi) is 8.03. The van der Waals surface area contributed by atoms with Gasteiger partial charge in [-0.3, -0.25) is 0 Å². The third-order valence-corrected chi connectivity index (χ3v) is 4.13. The van der Waals surface area contributed by atoms with E-state index in [-0.39, 0.29) is 12.4 Å². The molecule has 0 spiro atoms. The van der Waals surface area contributed by atoms with Gasteiger partial charge in [0.05, 0.1) is 0 Å². The van der Waals surface area contributed by atoms with Gasteiger partial charge < -0.3 is 10.2 Å². The maximum absolute atomic E-state index is 12.9. The van der Waals surface area contributed by atoms with Gasteiger partial charge in [-0.2, -0.15) is 45.3 Å². The fourth-order valence-electron chi connectivity index (χ4n) is 1.22. The summed E-state index contributed by atoms with van der Waals surface area (Å²) in [6.07, 6.45) is -3.14. The predicted molar refractivity (Wildman–Crippen MR) is 79.3 cm³/mol. The second kappa shape index (κ2) is 8.08. The molecular formula is C10H8Cl4F8N2O2. The van der Waals surface area contributed by atoms with E-state index in [4.69, 9.17) is 0 Å². The molecule has 2 N–H and O–H groups in total. The van der Waals surface area contributed by atoms with Gasteiger partial charge in [0.1, 0.15) is 0 Å². The molecule has 0 aliphatic rings. The zero-order chi connectivity index (χ0) is 21.2. The van der Waals surface area contributed by atoms with E-state index in [1.807, 2.05) is 0 Å². The molecule has 0 saturated carbocycles. The Hall–Kier alpha value is -0.140. The largest absolute Gasteiger partial charge is 0.376 e. The van der Waals surface area contributed by atoms with E-state index >= 15 is 0 Å². The number of halogens is 12. The van der Waals surface area contributed by atoms with E-state index in [9.17, 15) is 45.3 Å². The summed E-state index contributed by atoms with van der Waals surface area (Å²) in [5.74, 6) is 0. The van der Waals surface area contributed by atoms with Crippen molar-refractivity contribution in [3.63, 3.8) is 0 Å². The third-order valence-electron chi connectivity index (χ3n) is 2.88. The lowest BCUT2D eigenvalue weighted by Gasteiger charge is -2.33. The zero-order valence-corrected chi connectivity index (χ0v) is 14.9. The maximum atomic E-state index is 12.9. The van der Waals surface area contributed by atoms with Crippen molar-refractivity contribution in [3.8, 4) is 0 Å². The number of hydrogen-bond donors (Lipinski definition) is 2. The number of aliphatic hydroxyl groups is 2. The molecule has 0 amide bonds. The summed E-state index contributed by atoms with van der Waals surface area (Å²) >= 11 is 17.4. The van der Waals surface area contributed by atoms with Gasteiger partial charge >= 0.3 is 21.5 Å². The Bertz CT molecular complexity index is 463. The minimum Gasteiger partial charge on any atom is -0.376 e. The molecule has 0 rings (SSSR count). The zero-order valence-electron chi connectivity index (χ0n) is 11.9. The summed E-state index contributed by atoms with van der Waals surface area (Å²) in [6, 6.07) is 0. The summed E-state index contributed by atoms with van der Waals surface area (Å²) < 4.78 is 103. The molecule has 0 unspecified atom stereocenters. The molecule has 0 fully saturated rings. The van der Waals surface area contributed by atoms with E-state index < -0.39 is 45.6 Å². The Morgan fingerprint density at radius 1 is 0.577 bits per heavy atom. The van der Waals surface area contributed by atoms with E-state index in [0.29, 0.717) is 0 Å². The van der Waals surface area contributed by atoms with Gasteiger partial charge in [-0.1, -0.05) is 0 Å². The molecule has 26 heavy (non-hydrogen) atoms. The standard InChI is InChI=1S/C10H8Cl4F8N2O2/c11-7(15,16)5(25,8(12,17)18)1-3-23-24-4-2-6(26,9(13,19)20)10(14,21)22/h3-4,25-26H,1-2H2/b23-3-,24-4+. The molecule has 0 atom stereocenters. The fraction of sp³-hybridized carbons (Fsp3) is 0.800. The summed E-state index contributed by atoms with van der Waals surface area (Å²) in [5.41, 5.74) is -8.62. The second-order valence-electron chi connectivity index (χ2n) is 4.72. The lowest BCUT2D eigenvalue weighted by molar-refractivity contribution is -0.212. The molecule has 0 aromatic heterocycles. The van der Waals surface area contributed by atoms with Crippen LogP contribution >= 0.6 is 46.4 Å². The SMILES string of the molecule is OC(C/C=N\N=C\CC(O)(C(F)(F)Cl)C(F)(F)Cl)(C(F)(F)Cl)C(F)(F)Cl. The van der Waals surface area contributed by atoms with Gasteiger partial charge in [0.25, 0.3) is 0 Å². The minimum atomic E-state index is -4.92. The molecule has 16 heteroatoms. The number of rotatable bonds is 9. The Morgan fingerprint density at radius 2 is 0.769 bits per heavy atom. The first-order valence-electron chi connectivity index (χ1n) is 5.96. The monoisotopic (exact) mass is 480 g/mol. The third kappa shape index (κ3) is 5.68. The molecule has 4 nitrogen and oxygen atoms in total. The van der Waals surface area contributed by atoms with Gasteiger partial charge in [-0.05, 0) is 46.4 Å². The molecule has 154 valence electrons. The van der Waals surface area contributed by atoms with Crippen LogP contribution < -0.4 is 0 Å². The maximum Gasteiger partial charge on any atom is 0.357 e. The highest BCUT2D eigenvalue weighted by atomic mass is 35.5. The van der Waals surface area contributed by atoms with Crippen LogP contribution in [0.15, 0.2) is 10.2 Å². The van der Waals surface area contributed by atoms with Crippen LogP contribution in [0.25, 0.3) is 0 Å². The van der Waals surface area contributed by atoms with Crippen LogP contribution in [0.5, 0.6) is 0 Å². The Balaban J connectivity index is 5.21. The fourth-order valence-corrected chi connectivity index (χ4v) is 2.10. The van der Waals surface area contributed by atoms with Crippen LogP contribution in [0.1, 0.15) is 12.8 Å². The molecular weight excluding hydrogens is 474 g/mol. The highest BCUT2D eigenvalue weighted by molar-refractivity contribution is 6.27. The number of alkyl halides is 12. The van der Waals surface area contributed by atoms with Crippen molar-refractivity contribution in [1.29, 1.82) is 0 Å². The van der Waals surface area contributed by atoms with Crippen LogP contribution in [0.3, 0.4) is 0 Å². The predicted octanol–water partition coefficient (Wildman–Crippen LogP) is 4.61. The van der Waals surface area contributed by atoms with Gasteiger partial charge in [0, 0.05) is 25.3 Å². The topological polar surface area (TPSA) is 65.2 Å². The average Bonchev–Trinajstić information content (AvgIpc) is 2.36. The van der Waals surface area contributed by atoms with Crippen LogP contribution in [-0.2, 0) is 0 Å². The highest BCUT2D eigenvalue weighted by Crippen LogP contribution is 2.48. The Labute approximate surface area is 160 Å². The number of nitrogens with zero attached hydrogens (tertiary/aromatic N) is 2. The van der Waals surface area contributed by atoms with Crippen molar-refractivity contribution in [3.05, 3.63) is 0 Å². The van der Waals surface area contributed by atoms with Crippen LogP contribution in [0.4, 0.5) is 35.1 Å². The average molecular weight is 482 g/mol. The molecule has 0 aromatic carbocycles. The van der Waals surface area contributed by atoms with Crippen molar-refractivity contribution >= 4 is 58.8 Å². The summed E-state index contributed by atoms with van der Waals surface area (Å²) in [7, 11) is 0. The smallest absolute Gasteiger partial charge is 0.357 e. The minimum absolute atomic E-state index is 0.111. The molecule has 0 heterocycles. The van der Waals surface area contributed by atoms with E-state index in [2.05, 4.69) is 56.6 Å². The highest BCUT2D eigenvalue weighted by Gasteiger charge is 2.67. The van der Waals surface area contributed by atoms with Gasteiger partial charge in [-0.15, -0.1) is 0 Å². The van der Waals surface area contributed by atoms with E-state index in [0.717, 1.165) is 0 Å². The van der Waals surface area contributed by atoms with E-state index in [1.165, 1.54) is 0 Å². The molecule has 0 aliphatic heterocycles. The van der Waals surface area contributed by atoms with Gasteiger partial charge in [-0.25, -0.2) is 0 Å². The first-order valence-corrected chi connectivity index (χ1v) is 7.47. The normalized spacial score (nSPS) is 16.1. The van der Waals surface area contributed by atoms with Crippen molar-refractivity contribution in [2.75, 3.05) is 0 Å². The first kappa shape index (κ1) is 25.9. The first-order chi connectivity index (χ1) is 11.2. The number of hydrogen-bond acceptors (Lipinski definition) is 4. The summed E-state index contributed by atoms with van der Waals surface area (Å²) in [4.78, 5) is 0. The lowest BCUT2D eigenvalue weighted by atomic mass is 10.0. The summed E-state index contributed by atoms with van der Waals surface area (Å²) in [5, 5.41) is 4.25. The van der Waals surface area contributed by atoms with Crippen LogP contribution in [0.2, 0.25) is 0 Å². The molecule has 0 aromatic rings. The van der Waals surface area contributed by atoms with Crippen LogP contribution in [-0.4, -0.2) is 55.4 Å². The van der Waals surface area contributed by atoms with Gasteiger partial charge in [0.2, 0.25) is 11.2 Å². The van der Waals surface area contributed by atoms with Gasteiger partial charge in [0.15, 0.2) is 0 Å². The molecule has 0 saturated heterocycles. The lowest BCUT2D eigenvalue weighted by Crippen LogP contribution is -2.56. The quantitative estimate of drug-likeness (QED) is 0.218. The summed E-state index contributed by atoms with van der Waals surface area (Å²) in [6.45, 7) is 0. The molecule has 0 radical (unpaired) electrons. The van der Waals surface area contributed by atoms with E-state index in [1.54, 1.807) is 0 Å². The van der Waals surface area contributed by atoms with Crippen LogP contribution in [0, 0.1) is 0 Å². The molecule has 0 bridgehead atoms. The van der Waals surface area contributed by atoms with Crippen molar-refractivity contribution in [1.82, 2.24) is 0 Å². The van der Waals surface area contributed by atoms with Crippen molar-refractivity contribution in [2.24, 2.45) is 10.2 Å². The Morgan fingerprint density at radius 3 is 0.923 bits per heavy atom.